The molecule has 1 spiro atoms. The van der Waals surface area contributed by atoms with Crippen LogP contribution in [0.15, 0.2) is 42.7 Å². The minimum Gasteiger partial charge on any atom is -0.497 e. The lowest BCUT2D eigenvalue weighted by molar-refractivity contribution is 0.232. The molecule has 1 aliphatic heterocycles. The molecule has 0 amide bonds. The summed E-state index contributed by atoms with van der Waals surface area (Å²) in [6, 6.07) is 10.2. The number of anilines is 1. The Bertz CT molecular complexity index is 1410. The van der Waals surface area contributed by atoms with Crippen LogP contribution in [0, 0.1) is 25.1 Å². The lowest BCUT2D eigenvalue weighted by Gasteiger charge is -2.40. The van der Waals surface area contributed by atoms with Crippen LogP contribution in [0.4, 0.5) is 10.2 Å². The fourth-order valence-electron chi connectivity index (χ4n) is 5.83. The first-order valence-electron chi connectivity index (χ1n) is 11.8. The van der Waals surface area contributed by atoms with E-state index in [1.807, 2.05) is 17.5 Å². The predicted molar refractivity (Wildman–Crippen MR) is 137 cm³/mol. The first kappa shape index (κ1) is 23.5. The maximum atomic E-state index is 14.9. The fourth-order valence-corrected chi connectivity index (χ4v) is 5.83. The first-order chi connectivity index (χ1) is 16.5. The molecule has 1 aromatic carbocycles. The molecule has 0 atom stereocenters. The predicted octanol–water partition coefficient (Wildman–Crippen LogP) is 5.36. The highest BCUT2D eigenvalue weighted by molar-refractivity contribution is 5.85. The van der Waals surface area contributed by atoms with Gasteiger partial charge in [-0.05, 0) is 80.3 Å². The summed E-state index contributed by atoms with van der Waals surface area (Å²) in [7, 11) is 1.73. The van der Waals surface area contributed by atoms with Gasteiger partial charge in [0.1, 0.15) is 11.3 Å². The van der Waals surface area contributed by atoms with Crippen LogP contribution >= 0.6 is 12.4 Å². The van der Waals surface area contributed by atoms with E-state index in [-0.39, 0.29) is 18.2 Å². The molecule has 182 valence electrons. The third kappa shape index (κ3) is 3.82. The summed E-state index contributed by atoms with van der Waals surface area (Å²) in [5.41, 5.74) is 6.40. The molecule has 0 saturated carbocycles. The van der Waals surface area contributed by atoms with E-state index >= 15 is 0 Å². The van der Waals surface area contributed by atoms with Crippen molar-refractivity contribution >= 4 is 23.7 Å². The Hall–Kier alpha value is -3.19. The Morgan fingerprint density at radius 1 is 0.971 bits per heavy atom. The van der Waals surface area contributed by atoms with Gasteiger partial charge < -0.3 is 9.64 Å². The molecule has 4 heterocycles. The van der Waals surface area contributed by atoms with E-state index in [0.29, 0.717) is 22.4 Å². The van der Waals surface area contributed by atoms with Gasteiger partial charge in [-0.1, -0.05) is 6.07 Å². The van der Waals surface area contributed by atoms with Crippen LogP contribution in [0.1, 0.15) is 35.4 Å². The molecule has 0 N–H and O–H groups in total. The molecule has 2 aliphatic rings. The van der Waals surface area contributed by atoms with Gasteiger partial charge in [-0.3, -0.25) is 4.98 Å². The van der Waals surface area contributed by atoms with Gasteiger partial charge in [0, 0.05) is 24.8 Å². The van der Waals surface area contributed by atoms with Crippen LogP contribution in [0.25, 0.3) is 16.8 Å². The van der Waals surface area contributed by atoms with Crippen molar-refractivity contribution in [1.82, 2.24) is 19.6 Å². The summed E-state index contributed by atoms with van der Waals surface area (Å²) < 4.78 is 22.2. The zero-order valence-electron chi connectivity index (χ0n) is 20.2. The van der Waals surface area contributed by atoms with Gasteiger partial charge in [-0.15, -0.1) is 12.4 Å². The van der Waals surface area contributed by atoms with Crippen molar-refractivity contribution in [1.29, 1.82) is 0 Å². The Balaban J connectivity index is 0.00000253. The van der Waals surface area contributed by atoms with Crippen molar-refractivity contribution in [3.63, 3.8) is 0 Å². The highest BCUT2D eigenvalue weighted by atomic mass is 35.5. The number of rotatable bonds is 3. The van der Waals surface area contributed by atoms with Gasteiger partial charge in [-0.25, -0.2) is 13.9 Å². The van der Waals surface area contributed by atoms with E-state index in [9.17, 15) is 4.39 Å². The van der Waals surface area contributed by atoms with Crippen molar-refractivity contribution in [2.24, 2.45) is 5.41 Å². The second-order valence-electron chi connectivity index (χ2n) is 9.73. The monoisotopic (exact) mass is 493 g/mol. The van der Waals surface area contributed by atoms with Gasteiger partial charge in [0.2, 0.25) is 0 Å². The standard InChI is InChI=1S/C27H28FN5O.ClH/c1-17-24(28)22(6-10-29-17)25-18(2)31-26(23-7-11-30-33(23)25)32-12-8-27(9-13-32)15-19-4-5-21(34-3)14-20(19)16-27;/h4-7,10-11,14H,8-9,12-13,15-16H2,1-3H3;1H. The first-order valence-corrected chi connectivity index (χ1v) is 11.8. The number of benzene rings is 1. The van der Waals surface area contributed by atoms with Crippen molar-refractivity contribution in [3.05, 3.63) is 71.1 Å². The van der Waals surface area contributed by atoms with Crippen LogP contribution in [0.3, 0.4) is 0 Å². The van der Waals surface area contributed by atoms with Gasteiger partial charge in [-0.2, -0.15) is 5.10 Å². The lowest BCUT2D eigenvalue weighted by atomic mass is 9.76. The van der Waals surface area contributed by atoms with E-state index in [2.05, 4.69) is 33.2 Å². The third-order valence-electron chi connectivity index (χ3n) is 7.69. The quantitative estimate of drug-likeness (QED) is 0.384. The summed E-state index contributed by atoms with van der Waals surface area (Å²) in [5, 5.41) is 4.55. The van der Waals surface area contributed by atoms with E-state index in [1.165, 1.54) is 11.1 Å². The van der Waals surface area contributed by atoms with E-state index in [1.54, 1.807) is 32.5 Å². The van der Waals surface area contributed by atoms with Crippen molar-refractivity contribution in [2.45, 2.75) is 39.5 Å². The van der Waals surface area contributed by atoms with Gasteiger partial charge in [0.25, 0.3) is 0 Å². The Labute approximate surface area is 210 Å². The van der Waals surface area contributed by atoms with Crippen LogP contribution in [0.2, 0.25) is 0 Å². The molecule has 6 rings (SSSR count). The number of hydrogen-bond acceptors (Lipinski definition) is 5. The van der Waals surface area contributed by atoms with E-state index in [0.717, 1.165) is 61.6 Å². The number of pyridine rings is 1. The average molecular weight is 494 g/mol. The number of methoxy groups -OCH3 is 1. The SMILES string of the molecule is COc1ccc2c(c1)CC1(CCN(c3nc(C)c(-c4ccnc(C)c4F)n4nccc34)CC1)C2.Cl. The van der Waals surface area contributed by atoms with Crippen molar-refractivity contribution in [2.75, 3.05) is 25.1 Å². The van der Waals surface area contributed by atoms with Crippen LogP contribution in [0.5, 0.6) is 5.75 Å². The highest BCUT2D eigenvalue weighted by Crippen LogP contribution is 2.46. The Morgan fingerprint density at radius 2 is 1.74 bits per heavy atom. The average Bonchev–Trinajstić information content (AvgIpc) is 3.45. The normalized spacial score (nSPS) is 16.4. The number of piperidine rings is 1. The number of halogens is 2. The molecule has 1 saturated heterocycles. The summed E-state index contributed by atoms with van der Waals surface area (Å²) in [5.74, 6) is 1.54. The number of hydrogen-bond donors (Lipinski definition) is 0. The Morgan fingerprint density at radius 3 is 2.51 bits per heavy atom. The van der Waals surface area contributed by atoms with Crippen LogP contribution in [-0.2, 0) is 12.8 Å². The molecule has 35 heavy (non-hydrogen) atoms. The van der Waals surface area contributed by atoms with E-state index in [4.69, 9.17) is 9.72 Å². The molecule has 6 nitrogen and oxygen atoms in total. The molecule has 1 aliphatic carbocycles. The van der Waals surface area contributed by atoms with Gasteiger partial charge in [0.15, 0.2) is 11.6 Å². The smallest absolute Gasteiger partial charge is 0.155 e. The second-order valence-corrected chi connectivity index (χ2v) is 9.73. The molecule has 3 aromatic heterocycles. The maximum absolute atomic E-state index is 14.9. The largest absolute Gasteiger partial charge is 0.497 e. The summed E-state index contributed by atoms with van der Waals surface area (Å²) in [4.78, 5) is 11.4. The number of aromatic nitrogens is 4. The molecular weight excluding hydrogens is 465 g/mol. The lowest BCUT2D eigenvalue weighted by Crippen LogP contribution is -2.41. The molecule has 0 radical (unpaired) electrons. The molecule has 4 aromatic rings. The topological polar surface area (TPSA) is 55.5 Å². The molecule has 0 bridgehead atoms. The van der Waals surface area contributed by atoms with Crippen molar-refractivity contribution < 1.29 is 9.13 Å². The van der Waals surface area contributed by atoms with Crippen molar-refractivity contribution in [3.8, 4) is 17.0 Å². The van der Waals surface area contributed by atoms with Gasteiger partial charge in [0.05, 0.1) is 30.4 Å². The fraction of sp³-hybridized carbons (Fsp3) is 0.370. The molecular formula is C27H29ClFN5O. The zero-order valence-corrected chi connectivity index (χ0v) is 21.0. The molecule has 0 unspecified atom stereocenters. The summed E-state index contributed by atoms with van der Waals surface area (Å²) in [6.45, 7) is 5.50. The minimum absolute atomic E-state index is 0. The summed E-state index contributed by atoms with van der Waals surface area (Å²) in [6.07, 6.45) is 7.88. The van der Waals surface area contributed by atoms with Gasteiger partial charge >= 0.3 is 0 Å². The second kappa shape index (κ2) is 8.79. The molecule has 1 fully saturated rings. The van der Waals surface area contributed by atoms with E-state index < -0.39 is 0 Å². The number of ether oxygens (including phenoxy) is 1. The number of fused-ring (bicyclic) bond motifs is 2. The van der Waals surface area contributed by atoms with Crippen LogP contribution in [-0.4, -0.2) is 39.8 Å². The molecule has 8 heteroatoms. The minimum atomic E-state index is -0.325. The third-order valence-corrected chi connectivity index (χ3v) is 7.69. The Kier molecular flexibility index (Phi) is 5.91. The highest BCUT2D eigenvalue weighted by Gasteiger charge is 2.40. The number of aryl methyl sites for hydroxylation is 2. The van der Waals surface area contributed by atoms with Crippen LogP contribution < -0.4 is 9.64 Å². The summed E-state index contributed by atoms with van der Waals surface area (Å²) >= 11 is 0. The maximum Gasteiger partial charge on any atom is 0.155 e. The zero-order chi connectivity index (χ0) is 23.4. The number of nitrogens with zero attached hydrogens (tertiary/aromatic N) is 5.